The molecule has 1 N–H and O–H groups in total. The van der Waals surface area contributed by atoms with Crippen molar-refractivity contribution in [2.75, 3.05) is 19.7 Å². The molecule has 23 heavy (non-hydrogen) atoms. The summed E-state index contributed by atoms with van der Waals surface area (Å²) in [5.74, 6) is -0.209. The predicted molar refractivity (Wildman–Crippen MR) is 86.7 cm³/mol. The van der Waals surface area contributed by atoms with Crippen LogP contribution in [0.3, 0.4) is 0 Å². The highest BCUT2D eigenvalue weighted by molar-refractivity contribution is 5.89. The molecule has 0 radical (unpaired) electrons. The summed E-state index contributed by atoms with van der Waals surface area (Å²) in [5.41, 5.74) is 2.26. The van der Waals surface area contributed by atoms with Gasteiger partial charge in [-0.2, -0.15) is 0 Å². The minimum atomic E-state index is -0.242. The molecule has 1 aromatic carbocycles. The van der Waals surface area contributed by atoms with Crippen LogP contribution in [0.25, 0.3) is 0 Å². The zero-order valence-electron chi connectivity index (χ0n) is 13.6. The summed E-state index contributed by atoms with van der Waals surface area (Å²) in [6, 6.07) is 8.07. The number of carbonyl (C=O) groups excluding carboxylic acids is 2. The first-order chi connectivity index (χ1) is 11.1. The molecule has 1 aromatic rings. The summed E-state index contributed by atoms with van der Waals surface area (Å²) < 4.78 is 5.58. The van der Waals surface area contributed by atoms with Gasteiger partial charge in [-0.05, 0) is 25.3 Å². The van der Waals surface area contributed by atoms with Crippen molar-refractivity contribution in [2.24, 2.45) is 5.92 Å². The van der Waals surface area contributed by atoms with E-state index in [4.69, 9.17) is 4.74 Å². The molecule has 2 amide bonds. The van der Waals surface area contributed by atoms with Crippen molar-refractivity contribution < 1.29 is 14.3 Å². The summed E-state index contributed by atoms with van der Waals surface area (Å²) in [4.78, 5) is 26.2. The summed E-state index contributed by atoms with van der Waals surface area (Å²) in [7, 11) is 0. The van der Waals surface area contributed by atoms with E-state index in [2.05, 4.69) is 11.4 Å². The second-order valence-electron chi connectivity index (χ2n) is 6.54. The minimum absolute atomic E-state index is 0.0327. The van der Waals surface area contributed by atoms with E-state index in [1.54, 1.807) is 4.90 Å². The number of likely N-dealkylation sites (tertiary alicyclic amines) is 1. The molecular weight excluding hydrogens is 292 g/mol. The molecule has 0 aromatic heterocycles. The van der Waals surface area contributed by atoms with E-state index < -0.39 is 0 Å². The van der Waals surface area contributed by atoms with E-state index in [1.165, 1.54) is 5.56 Å². The van der Waals surface area contributed by atoms with Crippen molar-refractivity contribution >= 4 is 11.8 Å². The van der Waals surface area contributed by atoms with Crippen LogP contribution in [0, 0.1) is 12.8 Å². The van der Waals surface area contributed by atoms with Crippen LogP contribution in [0.1, 0.15) is 30.4 Å². The third-order valence-corrected chi connectivity index (χ3v) is 4.58. The van der Waals surface area contributed by atoms with E-state index in [0.717, 1.165) is 25.0 Å². The molecule has 2 heterocycles. The molecule has 0 saturated carbocycles. The average molecular weight is 316 g/mol. The molecule has 0 spiro atoms. The Labute approximate surface area is 137 Å². The number of ether oxygens (including phenoxy) is 1. The van der Waals surface area contributed by atoms with Crippen molar-refractivity contribution in [2.45, 2.75) is 38.8 Å². The maximum Gasteiger partial charge on any atom is 0.225 e. The van der Waals surface area contributed by atoms with E-state index in [1.807, 2.05) is 25.1 Å². The van der Waals surface area contributed by atoms with Crippen LogP contribution in [0.15, 0.2) is 24.3 Å². The van der Waals surface area contributed by atoms with Gasteiger partial charge in [0.1, 0.15) is 0 Å². The van der Waals surface area contributed by atoms with Gasteiger partial charge in [0, 0.05) is 32.7 Å². The smallest absolute Gasteiger partial charge is 0.225 e. The number of nitrogens with one attached hydrogen (secondary N) is 1. The van der Waals surface area contributed by atoms with Crippen LogP contribution < -0.4 is 5.32 Å². The van der Waals surface area contributed by atoms with Gasteiger partial charge in [-0.1, -0.05) is 29.8 Å². The van der Waals surface area contributed by atoms with Crippen LogP contribution in [-0.2, 0) is 20.9 Å². The van der Waals surface area contributed by atoms with Crippen molar-refractivity contribution in [1.29, 1.82) is 0 Å². The Morgan fingerprint density at radius 1 is 1.43 bits per heavy atom. The summed E-state index contributed by atoms with van der Waals surface area (Å²) in [5, 5.41) is 2.95. The van der Waals surface area contributed by atoms with Gasteiger partial charge in [-0.15, -0.1) is 0 Å². The summed E-state index contributed by atoms with van der Waals surface area (Å²) in [6.45, 7) is 4.47. The standard InChI is InChI=1S/C18H24N2O3/c1-13-4-2-5-14(8-13)10-19-18(22)15-9-17(21)20(11-15)12-16-6-3-7-23-16/h2,4-5,8,15-16H,3,6-7,9-12H2,1H3,(H,19,22). The lowest BCUT2D eigenvalue weighted by Crippen LogP contribution is -2.35. The van der Waals surface area contributed by atoms with E-state index in [0.29, 0.717) is 26.1 Å². The molecule has 2 aliphatic rings. The second-order valence-corrected chi connectivity index (χ2v) is 6.54. The number of amides is 2. The fourth-order valence-electron chi connectivity index (χ4n) is 3.31. The topological polar surface area (TPSA) is 58.6 Å². The molecule has 2 aliphatic heterocycles. The van der Waals surface area contributed by atoms with Crippen LogP contribution in [0.5, 0.6) is 0 Å². The van der Waals surface area contributed by atoms with Crippen LogP contribution >= 0.6 is 0 Å². The molecule has 0 aliphatic carbocycles. The Bertz CT molecular complexity index is 581. The number of rotatable bonds is 5. The monoisotopic (exact) mass is 316 g/mol. The Hall–Kier alpha value is -1.88. The third kappa shape index (κ3) is 4.10. The van der Waals surface area contributed by atoms with Gasteiger partial charge >= 0.3 is 0 Å². The Balaban J connectivity index is 1.49. The van der Waals surface area contributed by atoms with Crippen molar-refractivity contribution in [3.8, 4) is 0 Å². The first-order valence-corrected chi connectivity index (χ1v) is 8.34. The fourth-order valence-corrected chi connectivity index (χ4v) is 3.31. The van der Waals surface area contributed by atoms with E-state index >= 15 is 0 Å². The quantitative estimate of drug-likeness (QED) is 0.898. The normalized spacial score (nSPS) is 24.2. The number of aryl methyl sites for hydroxylation is 1. The van der Waals surface area contributed by atoms with Gasteiger partial charge in [0.2, 0.25) is 11.8 Å². The second kappa shape index (κ2) is 7.13. The molecule has 2 unspecified atom stereocenters. The molecule has 0 bridgehead atoms. The zero-order valence-corrected chi connectivity index (χ0v) is 13.6. The lowest BCUT2D eigenvalue weighted by molar-refractivity contribution is -0.129. The largest absolute Gasteiger partial charge is 0.376 e. The summed E-state index contributed by atoms with van der Waals surface area (Å²) in [6.07, 6.45) is 2.53. The number of benzene rings is 1. The SMILES string of the molecule is Cc1cccc(CNC(=O)C2CC(=O)N(CC3CCCO3)C2)c1. The Kier molecular flexibility index (Phi) is 4.96. The molecule has 2 atom stereocenters. The van der Waals surface area contributed by atoms with Gasteiger partial charge in [-0.3, -0.25) is 9.59 Å². The molecule has 2 saturated heterocycles. The van der Waals surface area contributed by atoms with Gasteiger partial charge in [0.15, 0.2) is 0 Å². The molecular formula is C18H24N2O3. The lowest BCUT2D eigenvalue weighted by atomic mass is 10.1. The van der Waals surface area contributed by atoms with Gasteiger partial charge in [-0.25, -0.2) is 0 Å². The highest BCUT2D eigenvalue weighted by Gasteiger charge is 2.35. The number of hydrogen-bond donors (Lipinski definition) is 1. The van der Waals surface area contributed by atoms with Crippen LogP contribution in [-0.4, -0.2) is 42.5 Å². The van der Waals surface area contributed by atoms with Crippen LogP contribution in [0.4, 0.5) is 0 Å². The lowest BCUT2D eigenvalue weighted by Gasteiger charge is -2.20. The Morgan fingerprint density at radius 3 is 3.04 bits per heavy atom. The predicted octanol–water partition coefficient (Wildman–Crippen LogP) is 1.64. The number of hydrogen-bond acceptors (Lipinski definition) is 3. The highest BCUT2D eigenvalue weighted by atomic mass is 16.5. The molecule has 2 fully saturated rings. The maximum absolute atomic E-state index is 12.3. The maximum atomic E-state index is 12.3. The average Bonchev–Trinajstić information content (AvgIpc) is 3.16. The highest BCUT2D eigenvalue weighted by Crippen LogP contribution is 2.21. The Morgan fingerprint density at radius 2 is 2.30 bits per heavy atom. The van der Waals surface area contributed by atoms with Crippen molar-refractivity contribution in [3.63, 3.8) is 0 Å². The van der Waals surface area contributed by atoms with Crippen LogP contribution in [0.2, 0.25) is 0 Å². The van der Waals surface area contributed by atoms with Gasteiger partial charge in [0.25, 0.3) is 0 Å². The molecule has 5 heteroatoms. The fraction of sp³-hybridized carbons (Fsp3) is 0.556. The van der Waals surface area contributed by atoms with Gasteiger partial charge < -0.3 is 15.0 Å². The van der Waals surface area contributed by atoms with E-state index in [-0.39, 0.29) is 23.8 Å². The zero-order chi connectivity index (χ0) is 16.2. The molecule has 5 nitrogen and oxygen atoms in total. The number of carbonyl (C=O) groups is 2. The first kappa shape index (κ1) is 16.0. The first-order valence-electron chi connectivity index (χ1n) is 8.34. The summed E-state index contributed by atoms with van der Waals surface area (Å²) >= 11 is 0. The molecule has 3 rings (SSSR count). The minimum Gasteiger partial charge on any atom is -0.376 e. The third-order valence-electron chi connectivity index (χ3n) is 4.58. The molecule has 124 valence electrons. The van der Waals surface area contributed by atoms with Crippen molar-refractivity contribution in [3.05, 3.63) is 35.4 Å². The van der Waals surface area contributed by atoms with Gasteiger partial charge in [0.05, 0.1) is 12.0 Å². The number of nitrogens with zero attached hydrogens (tertiary/aromatic N) is 1. The van der Waals surface area contributed by atoms with E-state index in [9.17, 15) is 9.59 Å². The van der Waals surface area contributed by atoms with Crippen molar-refractivity contribution in [1.82, 2.24) is 10.2 Å².